The van der Waals surface area contributed by atoms with Crippen molar-refractivity contribution in [1.29, 1.82) is 0 Å². The smallest absolute Gasteiger partial charge is 0.0925 e. The molecule has 0 spiro atoms. The monoisotopic (exact) mass is 249 g/mol. The summed E-state index contributed by atoms with van der Waals surface area (Å²) in [6, 6.07) is 0.559. The van der Waals surface area contributed by atoms with E-state index in [1.54, 1.807) is 0 Å². The van der Waals surface area contributed by atoms with Crippen LogP contribution in [0.25, 0.3) is 0 Å². The van der Waals surface area contributed by atoms with E-state index in [0.717, 1.165) is 19.5 Å². The molecule has 1 unspecified atom stereocenters. The largest absolute Gasteiger partial charge is 0.347 e. The maximum absolute atomic E-state index is 4.41. The Morgan fingerprint density at radius 2 is 2.28 bits per heavy atom. The first-order valence-corrected chi connectivity index (χ1v) is 6.96. The molecule has 0 saturated carbocycles. The zero-order valence-electron chi connectivity index (χ0n) is 11.2. The van der Waals surface area contributed by atoms with Gasteiger partial charge in [0.2, 0.25) is 0 Å². The van der Waals surface area contributed by atoms with Crippen LogP contribution in [0.4, 0.5) is 0 Å². The van der Waals surface area contributed by atoms with Gasteiger partial charge in [-0.1, -0.05) is 0 Å². The van der Waals surface area contributed by atoms with Crippen molar-refractivity contribution in [3.8, 4) is 0 Å². The molecule has 2 aliphatic rings. The van der Waals surface area contributed by atoms with Gasteiger partial charge in [-0.2, -0.15) is 0 Å². The molecule has 3 heterocycles. The van der Waals surface area contributed by atoms with Crippen molar-refractivity contribution in [3.05, 3.63) is 17.7 Å². The van der Waals surface area contributed by atoms with Crippen LogP contribution in [0.2, 0.25) is 0 Å². The molecule has 0 amide bonds. The number of nitrogens with one attached hydrogen (secondary N) is 2. The molecule has 100 valence electrons. The fourth-order valence-corrected chi connectivity index (χ4v) is 2.95. The molecule has 2 N–H and O–H groups in total. The lowest BCUT2D eigenvalue weighted by Crippen LogP contribution is -2.45. The average molecular weight is 249 g/mol. The van der Waals surface area contributed by atoms with E-state index in [1.165, 1.54) is 44.0 Å². The summed E-state index contributed by atoms with van der Waals surface area (Å²) < 4.78 is 0. The van der Waals surface area contributed by atoms with Crippen LogP contribution in [0, 0.1) is 0 Å². The molecule has 0 radical (unpaired) electrons. The van der Waals surface area contributed by atoms with E-state index in [1.807, 2.05) is 6.33 Å². The number of H-pyrrole nitrogens is 1. The van der Waals surface area contributed by atoms with Gasteiger partial charge in [-0.05, 0) is 26.6 Å². The lowest BCUT2D eigenvalue weighted by atomic mass is 10.0. The lowest BCUT2D eigenvalue weighted by Gasteiger charge is -2.29. The molecule has 3 rings (SSSR count). The van der Waals surface area contributed by atoms with Crippen LogP contribution < -0.4 is 5.32 Å². The molecule has 1 aromatic heterocycles. The number of hydrogen-bond donors (Lipinski definition) is 2. The maximum atomic E-state index is 4.41. The number of likely N-dealkylation sites (N-methyl/N-ethyl adjacent to an activating group) is 1. The quantitative estimate of drug-likeness (QED) is 0.778. The van der Waals surface area contributed by atoms with Crippen molar-refractivity contribution in [1.82, 2.24) is 25.1 Å². The van der Waals surface area contributed by atoms with Crippen LogP contribution >= 0.6 is 0 Å². The van der Waals surface area contributed by atoms with Gasteiger partial charge >= 0.3 is 0 Å². The van der Waals surface area contributed by atoms with Gasteiger partial charge in [0.25, 0.3) is 0 Å². The van der Waals surface area contributed by atoms with Gasteiger partial charge in [-0.15, -0.1) is 0 Å². The third-order valence-corrected chi connectivity index (χ3v) is 4.11. The van der Waals surface area contributed by atoms with Crippen molar-refractivity contribution >= 4 is 0 Å². The van der Waals surface area contributed by atoms with Crippen LogP contribution in [-0.2, 0) is 13.0 Å². The number of aromatic nitrogens is 2. The van der Waals surface area contributed by atoms with E-state index >= 15 is 0 Å². The number of imidazole rings is 1. The second kappa shape index (κ2) is 5.38. The molecule has 1 aromatic rings. The van der Waals surface area contributed by atoms with Crippen molar-refractivity contribution in [3.63, 3.8) is 0 Å². The van der Waals surface area contributed by atoms with Crippen molar-refractivity contribution < 1.29 is 0 Å². The van der Waals surface area contributed by atoms with Gasteiger partial charge in [0.1, 0.15) is 0 Å². The minimum Gasteiger partial charge on any atom is -0.347 e. The van der Waals surface area contributed by atoms with Gasteiger partial charge in [-0.25, -0.2) is 4.98 Å². The summed E-state index contributed by atoms with van der Waals surface area (Å²) in [7, 11) is 2.22. The predicted molar refractivity (Wildman–Crippen MR) is 71.5 cm³/mol. The molecule has 1 atom stereocenters. The van der Waals surface area contributed by atoms with Crippen molar-refractivity contribution in [2.24, 2.45) is 0 Å². The Balaban J connectivity index is 1.54. The average Bonchev–Trinajstić information content (AvgIpc) is 2.74. The fourth-order valence-electron chi connectivity index (χ4n) is 2.95. The second-order valence-corrected chi connectivity index (χ2v) is 5.57. The Kier molecular flexibility index (Phi) is 3.63. The Morgan fingerprint density at radius 3 is 3.22 bits per heavy atom. The zero-order valence-corrected chi connectivity index (χ0v) is 11.2. The van der Waals surface area contributed by atoms with Gasteiger partial charge in [0, 0.05) is 38.6 Å². The lowest BCUT2D eigenvalue weighted by molar-refractivity contribution is 0.240. The molecule has 0 aromatic carbocycles. The van der Waals surface area contributed by atoms with Gasteiger partial charge < -0.3 is 20.1 Å². The Morgan fingerprint density at radius 1 is 1.33 bits per heavy atom. The highest BCUT2D eigenvalue weighted by Crippen LogP contribution is 2.13. The Labute approximate surface area is 109 Å². The predicted octanol–water partition coefficient (Wildman–Crippen LogP) is 0.0615. The van der Waals surface area contributed by atoms with Crippen LogP contribution in [0.5, 0.6) is 0 Å². The summed E-state index contributed by atoms with van der Waals surface area (Å²) >= 11 is 0. The first-order valence-electron chi connectivity index (χ1n) is 6.96. The van der Waals surface area contributed by atoms with Crippen LogP contribution in [0.1, 0.15) is 17.8 Å². The minimum atomic E-state index is 0.559. The van der Waals surface area contributed by atoms with Gasteiger partial charge in [0.15, 0.2) is 0 Å². The molecular formula is C13H23N5. The van der Waals surface area contributed by atoms with Crippen LogP contribution in [-0.4, -0.2) is 65.6 Å². The summed E-state index contributed by atoms with van der Waals surface area (Å²) in [5.74, 6) is 0. The van der Waals surface area contributed by atoms with Gasteiger partial charge in [0.05, 0.1) is 17.7 Å². The highest BCUT2D eigenvalue weighted by molar-refractivity contribution is 5.16. The summed E-state index contributed by atoms with van der Waals surface area (Å²) in [4.78, 5) is 12.6. The third kappa shape index (κ3) is 2.74. The fraction of sp³-hybridized carbons (Fsp3) is 0.769. The molecule has 0 aliphatic carbocycles. The van der Waals surface area contributed by atoms with Crippen LogP contribution in [0.15, 0.2) is 6.33 Å². The number of rotatable bonds is 2. The SMILES string of the molecule is CN1CCCN(CC2Cc3nc[nH]c3CN2)CC1. The summed E-state index contributed by atoms with van der Waals surface area (Å²) in [5.41, 5.74) is 2.52. The first kappa shape index (κ1) is 12.1. The van der Waals surface area contributed by atoms with Crippen molar-refractivity contribution in [2.45, 2.75) is 25.4 Å². The normalized spacial score (nSPS) is 26.8. The topological polar surface area (TPSA) is 47.2 Å². The highest BCUT2D eigenvalue weighted by atomic mass is 15.2. The highest BCUT2D eigenvalue weighted by Gasteiger charge is 2.22. The maximum Gasteiger partial charge on any atom is 0.0925 e. The number of nitrogens with zero attached hydrogens (tertiary/aromatic N) is 3. The summed E-state index contributed by atoms with van der Waals surface area (Å²) in [5, 5.41) is 3.61. The molecule has 5 nitrogen and oxygen atoms in total. The molecule has 0 bridgehead atoms. The number of hydrogen-bond acceptors (Lipinski definition) is 4. The molecular weight excluding hydrogens is 226 g/mol. The molecule has 18 heavy (non-hydrogen) atoms. The molecule has 1 saturated heterocycles. The first-order chi connectivity index (χ1) is 8.81. The number of aromatic amines is 1. The van der Waals surface area contributed by atoms with E-state index in [-0.39, 0.29) is 0 Å². The van der Waals surface area contributed by atoms with E-state index < -0.39 is 0 Å². The van der Waals surface area contributed by atoms with E-state index in [4.69, 9.17) is 0 Å². The Bertz CT molecular complexity index is 388. The third-order valence-electron chi connectivity index (χ3n) is 4.11. The molecule has 2 aliphatic heterocycles. The number of fused-ring (bicyclic) bond motifs is 1. The van der Waals surface area contributed by atoms with Gasteiger partial charge in [-0.3, -0.25) is 0 Å². The second-order valence-electron chi connectivity index (χ2n) is 5.57. The minimum absolute atomic E-state index is 0.559. The standard InChI is InChI=1S/C13H23N5/c1-17-3-2-4-18(6-5-17)9-11-7-12-13(8-14-11)16-10-15-12/h10-11,14H,2-9H2,1H3,(H,15,16). The van der Waals surface area contributed by atoms with E-state index in [0.29, 0.717) is 6.04 Å². The molecule has 1 fully saturated rings. The summed E-state index contributed by atoms with van der Waals surface area (Å²) in [6.07, 6.45) is 4.16. The zero-order chi connectivity index (χ0) is 12.4. The molecule has 5 heteroatoms. The summed E-state index contributed by atoms with van der Waals surface area (Å²) in [6.45, 7) is 6.95. The van der Waals surface area contributed by atoms with E-state index in [9.17, 15) is 0 Å². The van der Waals surface area contributed by atoms with Crippen LogP contribution in [0.3, 0.4) is 0 Å². The van der Waals surface area contributed by atoms with Crippen molar-refractivity contribution in [2.75, 3.05) is 39.8 Å². The Hall–Kier alpha value is -0.910. The van der Waals surface area contributed by atoms with E-state index in [2.05, 4.69) is 32.1 Å².